The maximum atomic E-state index is 5.41. The zero-order valence-electron chi connectivity index (χ0n) is 7.71. The van der Waals surface area contributed by atoms with Gasteiger partial charge in [0.1, 0.15) is 5.75 Å². The Balaban J connectivity index is 2.96. The smallest absolute Gasteiger partial charge is 0.168 e. The van der Waals surface area contributed by atoms with Crippen LogP contribution in [-0.2, 0) is 0 Å². The minimum Gasteiger partial charge on any atom is -0.492 e. The zero-order chi connectivity index (χ0) is 10.6. The summed E-state index contributed by atoms with van der Waals surface area (Å²) in [5.41, 5.74) is 6.21. The van der Waals surface area contributed by atoms with Crippen molar-refractivity contribution in [3.05, 3.63) is 21.8 Å². The molecule has 0 heterocycles. The lowest BCUT2D eigenvalue weighted by Gasteiger charge is -2.11. The monoisotopic (exact) mass is 322 g/mol. The Bertz CT molecular complexity index is 344. The van der Waals surface area contributed by atoms with E-state index in [0.29, 0.717) is 6.61 Å². The highest BCUT2D eigenvalue weighted by molar-refractivity contribution is 14.1. The van der Waals surface area contributed by atoms with Gasteiger partial charge < -0.3 is 15.8 Å². The third-order valence-corrected chi connectivity index (χ3v) is 2.27. The Kier molecular flexibility index (Phi) is 4.40. The highest BCUT2D eigenvalue weighted by Gasteiger charge is 2.04. The van der Waals surface area contributed by atoms with Crippen LogP contribution in [0.15, 0.2) is 18.2 Å². The molecular formula is C9H11IN2OS. The van der Waals surface area contributed by atoms with Crippen LogP contribution in [0.2, 0.25) is 0 Å². The molecule has 0 aliphatic heterocycles. The second kappa shape index (κ2) is 5.35. The zero-order valence-corrected chi connectivity index (χ0v) is 10.7. The van der Waals surface area contributed by atoms with Crippen molar-refractivity contribution in [3.63, 3.8) is 0 Å². The SMILES string of the molecule is CCOc1ccc(I)cc1NC(N)=S. The van der Waals surface area contributed by atoms with Gasteiger partial charge in [-0.05, 0) is 59.9 Å². The van der Waals surface area contributed by atoms with E-state index in [9.17, 15) is 0 Å². The molecular weight excluding hydrogens is 311 g/mol. The number of ether oxygens (including phenoxy) is 1. The fourth-order valence-electron chi connectivity index (χ4n) is 1.01. The molecule has 1 aromatic carbocycles. The number of nitrogens with two attached hydrogens (primary N) is 1. The molecule has 0 saturated heterocycles. The fourth-order valence-corrected chi connectivity index (χ4v) is 1.62. The van der Waals surface area contributed by atoms with Gasteiger partial charge in [0.15, 0.2) is 5.11 Å². The first-order chi connectivity index (χ1) is 6.63. The quantitative estimate of drug-likeness (QED) is 0.662. The van der Waals surface area contributed by atoms with E-state index >= 15 is 0 Å². The summed E-state index contributed by atoms with van der Waals surface area (Å²) in [5, 5.41) is 3.12. The summed E-state index contributed by atoms with van der Waals surface area (Å²) in [6.07, 6.45) is 0. The number of hydrogen-bond donors (Lipinski definition) is 2. The Morgan fingerprint density at radius 1 is 1.64 bits per heavy atom. The van der Waals surface area contributed by atoms with Gasteiger partial charge in [-0.1, -0.05) is 0 Å². The molecule has 3 N–H and O–H groups in total. The van der Waals surface area contributed by atoms with E-state index in [1.165, 1.54) is 0 Å². The van der Waals surface area contributed by atoms with Gasteiger partial charge in [0.25, 0.3) is 0 Å². The Morgan fingerprint density at radius 2 is 2.36 bits per heavy atom. The topological polar surface area (TPSA) is 47.3 Å². The van der Waals surface area contributed by atoms with Crippen LogP contribution in [0.5, 0.6) is 5.75 Å². The molecule has 0 radical (unpaired) electrons. The maximum absolute atomic E-state index is 5.41. The third kappa shape index (κ3) is 3.30. The van der Waals surface area contributed by atoms with Gasteiger partial charge in [0, 0.05) is 3.57 Å². The van der Waals surface area contributed by atoms with Crippen LogP contribution >= 0.6 is 34.8 Å². The third-order valence-electron chi connectivity index (χ3n) is 1.50. The maximum Gasteiger partial charge on any atom is 0.168 e. The number of nitrogens with one attached hydrogen (secondary N) is 1. The summed E-state index contributed by atoms with van der Waals surface area (Å²) in [7, 11) is 0. The van der Waals surface area contributed by atoms with E-state index < -0.39 is 0 Å². The van der Waals surface area contributed by atoms with Gasteiger partial charge in [0.05, 0.1) is 12.3 Å². The first-order valence-electron chi connectivity index (χ1n) is 4.12. The number of thiocarbonyl (C=S) groups is 1. The van der Waals surface area contributed by atoms with E-state index in [2.05, 4.69) is 27.9 Å². The molecule has 76 valence electrons. The Labute approximate surface area is 102 Å². The van der Waals surface area contributed by atoms with Gasteiger partial charge in [-0.15, -0.1) is 0 Å². The standard InChI is InChI=1S/C9H11IN2OS/c1-2-13-8-4-3-6(10)5-7(8)12-9(11)14/h3-5H,2H2,1H3,(H3,11,12,14). The number of anilines is 1. The van der Waals surface area contributed by atoms with Gasteiger partial charge in [-0.25, -0.2) is 0 Å². The average Bonchev–Trinajstić information content (AvgIpc) is 2.09. The predicted molar refractivity (Wildman–Crippen MR) is 70.7 cm³/mol. The first-order valence-corrected chi connectivity index (χ1v) is 5.61. The van der Waals surface area contributed by atoms with E-state index in [0.717, 1.165) is 15.0 Å². The van der Waals surface area contributed by atoms with Crippen LogP contribution in [0.4, 0.5) is 5.69 Å². The number of rotatable bonds is 3. The van der Waals surface area contributed by atoms with Crippen molar-refractivity contribution in [1.82, 2.24) is 0 Å². The van der Waals surface area contributed by atoms with Crippen LogP contribution in [0.25, 0.3) is 0 Å². The van der Waals surface area contributed by atoms with Gasteiger partial charge in [-0.2, -0.15) is 0 Å². The molecule has 0 aliphatic rings. The molecule has 0 spiro atoms. The summed E-state index contributed by atoms with van der Waals surface area (Å²) >= 11 is 6.99. The Morgan fingerprint density at radius 3 is 2.93 bits per heavy atom. The molecule has 0 atom stereocenters. The lowest BCUT2D eigenvalue weighted by molar-refractivity contribution is 0.342. The normalized spacial score (nSPS) is 9.57. The van der Waals surface area contributed by atoms with Crippen molar-refractivity contribution >= 4 is 45.6 Å². The summed E-state index contributed by atoms with van der Waals surface area (Å²) in [6, 6.07) is 5.80. The molecule has 0 bridgehead atoms. The summed E-state index contributed by atoms with van der Waals surface area (Å²) in [4.78, 5) is 0. The molecule has 0 fully saturated rings. The van der Waals surface area contributed by atoms with Crippen LogP contribution in [0, 0.1) is 3.57 Å². The fraction of sp³-hybridized carbons (Fsp3) is 0.222. The summed E-state index contributed by atoms with van der Waals surface area (Å²) in [6.45, 7) is 2.55. The minimum atomic E-state index is 0.243. The number of benzene rings is 1. The molecule has 3 nitrogen and oxygen atoms in total. The first kappa shape index (κ1) is 11.5. The molecule has 14 heavy (non-hydrogen) atoms. The van der Waals surface area contributed by atoms with E-state index in [1.54, 1.807) is 0 Å². The van der Waals surface area contributed by atoms with Crippen LogP contribution in [0.1, 0.15) is 6.92 Å². The summed E-state index contributed by atoms with van der Waals surface area (Å²) < 4.78 is 6.51. The molecule has 1 aromatic rings. The second-order valence-electron chi connectivity index (χ2n) is 2.56. The number of halogens is 1. The lowest BCUT2D eigenvalue weighted by atomic mass is 10.3. The van der Waals surface area contributed by atoms with Crippen molar-refractivity contribution in [3.8, 4) is 5.75 Å². The molecule has 0 aliphatic carbocycles. The molecule has 0 unspecified atom stereocenters. The molecule has 0 amide bonds. The van der Waals surface area contributed by atoms with E-state index in [-0.39, 0.29) is 5.11 Å². The van der Waals surface area contributed by atoms with Crippen molar-refractivity contribution in [1.29, 1.82) is 0 Å². The predicted octanol–water partition coefficient (Wildman–Crippen LogP) is 2.35. The van der Waals surface area contributed by atoms with E-state index in [4.69, 9.17) is 22.7 Å². The molecule has 1 rings (SSSR count). The minimum absolute atomic E-state index is 0.243. The van der Waals surface area contributed by atoms with Crippen LogP contribution < -0.4 is 15.8 Å². The van der Waals surface area contributed by atoms with Crippen LogP contribution in [0.3, 0.4) is 0 Å². The second-order valence-corrected chi connectivity index (χ2v) is 4.25. The van der Waals surface area contributed by atoms with Gasteiger partial charge in [-0.3, -0.25) is 0 Å². The highest BCUT2D eigenvalue weighted by Crippen LogP contribution is 2.26. The lowest BCUT2D eigenvalue weighted by Crippen LogP contribution is -2.19. The molecule has 0 saturated carbocycles. The molecule has 0 aromatic heterocycles. The van der Waals surface area contributed by atoms with Crippen molar-refractivity contribution in [2.75, 3.05) is 11.9 Å². The van der Waals surface area contributed by atoms with E-state index in [1.807, 2.05) is 25.1 Å². The van der Waals surface area contributed by atoms with Crippen molar-refractivity contribution in [2.45, 2.75) is 6.92 Å². The number of hydrogen-bond acceptors (Lipinski definition) is 2. The van der Waals surface area contributed by atoms with Gasteiger partial charge >= 0.3 is 0 Å². The van der Waals surface area contributed by atoms with Gasteiger partial charge in [0.2, 0.25) is 0 Å². The average molecular weight is 322 g/mol. The molecule has 5 heteroatoms. The highest BCUT2D eigenvalue weighted by atomic mass is 127. The Hall–Kier alpha value is -0.560. The van der Waals surface area contributed by atoms with Crippen LogP contribution in [-0.4, -0.2) is 11.7 Å². The van der Waals surface area contributed by atoms with Crippen molar-refractivity contribution < 1.29 is 4.74 Å². The van der Waals surface area contributed by atoms with Crippen molar-refractivity contribution in [2.24, 2.45) is 5.73 Å². The largest absolute Gasteiger partial charge is 0.492 e. The summed E-state index contributed by atoms with van der Waals surface area (Å²) in [5.74, 6) is 0.765.